The maximum atomic E-state index is 11.7. The van der Waals surface area contributed by atoms with Crippen LogP contribution in [-0.2, 0) is 9.59 Å². The van der Waals surface area contributed by atoms with Gasteiger partial charge in [-0.3, -0.25) is 14.5 Å². The third-order valence-corrected chi connectivity index (χ3v) is 2.65. The Morgan fingerprint density at radius 1 is 1.28 bits per heavy atom. The molecule has 0 aliphatic heterocycles. The number of carboxylic acid groups (broad SMARTS) is 1. The Kier molecular flexibility index (Phi) is 8.37. The maximum Gasteiger partial charge on any atom is 0.304 e. The molecule has 0 aliphatic rings. The summed E-state index contributed by atoms with van der Waals surface area (Å²) in [7, 11) is 0. The lowest BCUT2D eigenvalue weighted by molar-refractivity contribution is -0.137. The average Bonchev–Trinajstić information content (AvgIpc) is 2.24. The van der Waals surface area contributed by atoms with Crippen molar-refractivity contribution >= 4 is 11.9 Å². The van der Waals surface area contributed by atoms with E-state index in [1.165, 1.54) is 0 Å². The quantitative estimate of drug-likeness (QED) is 0.654. The zero-order valence-corrected chi connectivity index (χ0v) is 11.9. The van der Waals surface area contributed by atoms with E-state index in [9.17, 15) is 9.59 Å². The Balaban J connectivity index is 4.21. The monoisotopic (exact) mass is 258 g/mol. The van der Waals surface area contributed by atoms with E-state index in [-0.39, 0.29) is 24.9 Å². The number of aliphatic carboxylic acids is 1. The van der Waals surface area contributed by atoms with Crippen molar-refractivity contribution in [3.8, 4) is 0 Å². The van der Waals surface area contributed by atoms with Gasteiger partial charge in [0, 0.05) is 19.1 Å². The van der Waals surface area contributed by atoms with Crippen LogP contribution in [0.25, 0.3) is 0 Å². The predicted molar refractivity (Wildman–Crippen MR) is 71.4 cm³/mol. The van der Waals surface area contributed by atoms with Crippen molar-refractivity contribution in [2.24, 2.45) is 5.92 Å². The molecule has 18 heavy (non-hydrogen) atoms. The van der Waals surface area contributed by atoms with E-state index >= 15 is 0 Å². The molecule has 0 spiro atoms. The van der Waals surface area contributed by atoms with E-state index in [2.05, 4.69) is 19.2 Å². The molecular formula is C13H26N2O3. The number of amides is 1. The van der Waals surface area contributed by atoms with E-state index in [1.54, 1.807) is 0 Å². The predicted octanol–water partition coefficient (Wildman–Crippen LogP) is 1.33. The van der Waals surface area contributed by atoms with Crippen LogP contribution in [0.3, 0.4) is 0 Å². The van der Waals surface area contributed by atoms with Crippen molar-refractivity contribution in [1.29, 1.82) is 0 Å². The second-order valence-corrected chi connectivity index (χ2v) is 5.15. The van der Waals surface area contributed by atoms with Crippen LogP contribution in [-0.4, -0.2) is 47.6 Å². The lowest BCUT2D eigenvalue weighted by Crippen LogP contribution is -2.42. The number of carbonyl (C=O) groups is 2. The molecule has 1 unspecified atom stereocenters. The Morgan fingerprint density at radius 3 is 2.33 bits per heavy atom. The number of nitrogens with zero attached hydrogens (tertiary/aromatic N) is 1. The highest BCUT2D eigenvalue weighted by Gasteiger charge is 2.14. The van der Waals surface area contributed by atoms with E-state index < -0.39 is 5.97 Å². The molecule has 5 nitrogen and oxygen atoms in total. The van der Waals surface area contributed by atoms with Crippen molar-refractivity contribution in [1.82, 2.24) is 10.2 Å². The van der Waals surface area contributed by atoms with Gasteiger partial charge >= 0.3 is 5.97 Å². The Labute approximate surface area is 110 Å². The van der Waals surface area contributed by atoms with Gasteiger partial charge < -0.3 is 10.4 Å². The summed E-state index contributed by atoms with van der Waals surface area (Å²) in [6, 6.07) is 0.165. The molecule has 0 radical (unpaired) electrons. The van der Waals surface area contributed by atoms with Gasteiger partial charge in [0.2, 0.25) is 5.91 Å². The van der Waals surface area contributed by atoms with E-state index in [0.29, 0.717) is 12.5 Å². The average molecular weight is 258 g/mol. The second kappa shape index (κ2) is 8.91. The van der Waals surface area contributed by atoms with Crippen molar-refractivity contribution in [2.75, 3.05) is 19.6 Å². The molecule has 0 rings (SSSR count). The Bertz CT molecular complexity index is 267. The van der Waals surface area contributed by atoms with Gasteiger partial charge in [0.25, 0.3) is 0 Å². The van der Waals surface area contributed by atoms with Crippen LogP contribution < -0.4 is 5.32 Å². The van der Waals surface area contributed by atoms with Crippen LogP contribution in [0.1, 0.15) is 40.5 Å². The zero-order valence-electron chi connectivity index (χ0n) is 11.9. The van der Waals surface area contributed by atoms with Gasteiger partial charge in [-0.15, -0.1) is 0 Å². The fourth-order valence-corrected chi connectivity index (χ4v) is 1.63. The first-order valence-corrected chi connectivity index (χ1v) is 6.58. The smallest absolute Gasteiger partial charge is 0.304 e. The molecule has 106 valence electrons. The van der Waals surface area contributed by atoms with Gasteiger partial charge in [-0.2, -0.15) is 0 Å². The highest BCUT2D eigenvalue weighted by Crippen LogP contribution is 2.00. The lowest BCUT2D eigenvalue weighted by Gasteiger charge is -2.23. The molecule has 0 saturated carbocycles. The molecule has 1 amide bonds. The van der Waals surface area contributed by atoms with Crippen LogP contribution in [0.2, 0.25) is 0 Å². The van der Waals surface area contributed by atoms with Gasteiger partial charge in [-0.05, 0) is 19.3 Å². The fourth-order valence-electron chi connectivity index (χ4n) is 1.63. The summed E-state index contributed by atoms with van der Waals surface area (Å²) in [5.74, 6) is -0.448. The second-order valence-electron chi connectivity index (χ2n) is 5.15. The third kappa shape index (κ3) is 8.98. The maximum absolute atomic E-state index is 11.7. The first kappa shape index (κ1) is 16.9. The largest absolute Gasteiger partial charge is 0.481 e. The molecule has 0 fully saturated rings. The minimum atomic E-state index is -0.828. The number of nitrogens with one attached hydrogen (secondary N) is 1. The summed E-state index contributed by atoms with van der Waals surface area (Å²) in [6.07, 6.45) is 0.967. The Hall–Kier alpha value is -1.10. The molecule has 0 heterocycles. The molecule has 0 aliphatic carbocycles. The first-order valence-electron chi connectivity index (χ1n) is 6.58. The summed E-state index contributed by atoms with van der Waals surface area (Å²) >= 11 is 0. The van der Waals surface area contributed by atoms with Crippen LogP contribution in [0, 0.1) is 5.92 Å². The van der Waals surface area contributed by atoms with Crippen molar-refractivity contribution in [3.05, 3.63) is 0 Å². The van der Waals surface area contributed by atoms with E-state index in [0.717, 1.165) is 13.0 Å². The van der Waals surface area contributed by atoms with Crippen molar-refractivity contribution in [3.63, 3.8) is 0 Å². The highest BCUT2D eigenvalue weighted by molar-refractivity contribution is 5.78. The van der Waals surface area contributed by atoms with Crippen LogP contribution in [0.4, 0.5) is 0 Å². The third-order valence-electron chi connectivity index (χ3n) is 2.65. The molecule has 0 saturated heterocycles. The minimum Gasteiger partial charge on any atom is -0.481 e. The number of carbonyl (C=O) groups excluding carboxylic acids is 1. The summed E-state index contributed by atoms with van der Waals surface area (Å²) in [4.78, 5) is 24.2. The van der Waals surface area contributed by atoms with Crippen LogP contribution in [0.15, 0.2) is 0 Å². The number of rotatable bonds is 9. The minimum absolute atomic E-state index is 0.0320. The van der Waals surface area contributed by atoms with Crippen molar-refractivity contribution < 1.29 is 14.7 Å². The molecular weight excluding hydrogens is 232 g/mol. The molecule has 2 N–H and O–H groups in total. The summed E-state index contributed by atoms with van der Waals surface area (Å²) in [5.41, 5.74) is 0. The molecule has 0 aromatic rings. The first-order chi connectivity index (χ1) is 8.35. The van der Waals surface area contributed by atoms with E-state index in [1.807, 2.05) is 18.7 Å². The van der Waals surface area contributed by atoms with Crippen molar-refractivity contribution in [2.45, 2.75) is 46.6 Å². The number of hydrogen-bond acceptors (Lipinski definition) is 3. The topological polar surface area (TPSA) is 69.6 Å². The summed E-state index contributed by atoms with van der Waals surface area (Å²) in [6.45, 7) is 9.52. The normalized spacial score (nSPS) is 12.8. The van der Waals surface area contributed by atoms with Gasteiger partial charge in [0.1, 0.15) is 0 Å². The Morgan fingerprint density at radius 2 is 1.89 bits per heavy atom. The summed E-state index contributed by atoms with van der Waals surface area (Å²) in [5, 5.41) is 11.6. The molecule has 0 aromatic carbocycles. The van der Waals surface area contributed by atoms with Crippen LogP contribution in [0.5, 0.6) is 0 Å². The highest BCUT2D eigenvalue weighted by atomic mass is 16.4. The van der Waals surface area contributed by atoms with E-state index in [4.69, 9.17) is 5.11 Å². The summed E-state index contributed by atoms with van der Waals surface area (Å²) < 4.78 is 0. The number of hydrogen-bond donors (Lipinski definition) is 2. The molecule has 5 heteroatoms. The van der Waals surface area contributed by atoms with Gasteiger partial charge in [-0.25, -0.2) is 0 Å². The number of carboxylic acids is 1. The zero-order chi connectivity index (χ0) is 14.1. The molecule has 1 atom stereocenters. The lowest BCUT2D eigenvalue weighted by atomic mass is 10.2. The van der Waals surface area contributed by atoms with Gasteiger partial charge in [-0.1, -0.05) is 20.8 Å². The van der Waals surface area contributed by atoms with Crippen LogP contribution >= 0.6 is 0 Å². The molecule has 0 bridgehead atoms. The van der Waals surface area contributed by atoms with Gasteiger partial charge in [0.05, 0.1) is 13.0 Å². The fraction of sp³-hybridized carbons (Fsp3) is 0.846. The SMILES string of the molecule is CCC(C)NC(=O)CN(CCC(=O)O)CC(C)C. The van der Waals surface area contributed by atoms with Gasteiger partial charge in [0.15, 0.2) is 0 Å². The molecule has 0 aromatic heterocycles. The standard InChI is InChI=1S/C13H26N2O3/c1-5-11(4)14-12(16)9-15(8-10(2)3)7-6-13(17)18/h10-11H,5-9H2,1-4H3,(H,14,16)(H,17,18).